The number of aryl methyl sites for hydroxylation is 1. The molecule has 4 nitrogen and oxygen atoms in total. The summed E-state index contributed by atoms with van der Waals surface area (Å²) >= 11 is 1.46. The van der Waals surface area contributed by atoms with Crippen molar-refractivity contribution in [2.45, 2.75) is 19.8 Å². The standard InChI is InChI=1S/C12H17N3OS.2ClH/c1-9-10(17-8-14-9)11(16)15-5-3-12(7-15)2-4-13-6-12;;/h8,13H,2-7H2,1H3;2*1H. The Balaban J connectivity index is 0.000000902. The van der Waals surface area contributed by atoms with Crippen LogP contribution in [0.5, 0.6) is 0 Å². The van der Waals surface area contributed by atoms with Crippen molar-refractivity contribution >= 4 is 42.1 Å². The maximum Gasteiger partial charge on any atom is 0.265 e. The van der Waals surface area contributed by atoms with Gasteiger partial charge in [0.2, 0.25) is 0 Å². The highest BCUT2D eigenvalue weighted by Gasteiger charge is 2.42. The molecular formula is C12H19Cl2N3OS. The van der Waals surface area contributed by atoms with Crippen LogP contribution in [0.25, 0.3) is 0 Å². The Hall–Kier alpha value is -0.360. The summed E-state index contributed by atoms with van der Waals surface area (Å²) in [5.41, 5.74) is 2.98. The van der Waals surface area contributed by atoms with Crippen LogP contribution in [-0.4, -0.2) is 42.0 Å². The second kappa shape index (κ2) is 6.39. The van der Waals surface area contributed by atoms with Gasteiger partial charge in [-0.1, -0.05) is 0 Å². The first-order valence-corrected chi connectivity index (χ1v) is 6.98. The van der Waals surface area contributed by atoms with Crippen LogP contribution in [0.1, 0.15) is 28.2 Å². The second-order valence-corrected chi connectivity index (χ2v) is 6.03. The number of nitrogens with one attached hydrogen (secondary N) is 1. The average molecular weight is 324 g/mol. The van der Waals surface area contributed by atoms with Crippen molar-refractivity contribution in [2.24, 2.45) is 5.41 Å². The fourth-order valence-corrected chi connectivity index (χ4v) is 3.67. The van der Waals surface area contributed by atoms with E-state index in [9.17, 15) is 4.79 Å². The van der Waals surface area contributed by atoms with Crippen LogP contribution in [-0.2, 0) is 0 Å². The molecule has 3 rings (SSSR count). The molecule has 0 bridgehead atoms. The van der Waals surface area contributed by atoms with Crippen LogP contribution in [0, 0.1) is 12.3 Å². The molecule has 1 aromatic heterocycles. The number of hydrogen-bond acceptors (Lipinski definition) is 4. The molecule has 1 N–H and O–H groups in total. The molecule has 0 radical (unpaired) electrons. The molecule has 2 saturated heterocycles. The number of nitrogens with zero attached hydrogens (tertiary/aromatic N) is 2. The van der Waals surface area contributed by atoms with E-state index in [-0.39, 0.29) is 30.7 Å². The highest BCUT2D eigenvalue weighted by molar-refractivity contribution is 7.11. The number of hydrogen-bond donors (Lipinski definition) is 1. The number of likely N-dealkylation sites (tertiary alicyclic amines) is 1. The third kappa shape index (κ3) is 3.05. The SMILES string of the molecule is Cc1ncsc1C(=O)N1CCC2(CCNC2)C1.Cl.Cl. The quantitative estimate of drug-likeness (QED) is 0.861. The minimum atomic E-state index is 0. The second-order valence-electron chi connectivity index (χ2n) is 5.17. The third-order valence-corrected chi connectivity index (χ3v) is 4.91. The van der Waals surface area contributed by atoms with E-state index in [2.05, 4.69) is 10.3 Å². The Labute approximate surface area is 129 Å². The van der Waals surface area contributed by atoms with Crippen LogP contribution in [0.2, 0.25) is 0 Å². The van der Waals surface area contributed by atoms with Gasteiger partial charge in [-0.15, -0.1) is 36.2 Å². The van der Waals surface area contributed by atoms with E-state index in [0.29, 0.717) is 5.41 Å². The van der Waals surface area contributed by atoms with E-state index in [0.717, 1.165) is 43.2 Å². The highest BCUT2D eigenvalue weighted by Crippen LogP contribution is 2.36. The van der Waals surface area contributed by atoms with Gasteiger partial charge in [-0.05, 0) is 26.3 Å². The first-order chi connectivity index (χ1) is 8.20. The van der Waals surface area contributed by atoms with E-state index in [1.807, 2.05) is 11.8 Å². The van der Waals surface area contributed by atoms with Crippen molar-refractivity contribution < 1.29 is 4.79 Å². The smallest absolute Gasteiger partial charge is 0.265 e. The summed E-state index contributed by atoms with van der Waals surface area (Å²) in [5, 5.41) is 3.41. The topological polar surface area (TPSA) is 45.2 Å². The molecule has 19 heavy (non-hydrogen) atoms. The molecule has 2 aliphatic heterocycles. The van der Waals surface area contributed by atoms with Crippen molar-refractivity contribution in [3.05, 3.63) is 16.1 Å². The number of amides is 1. The number of aromatic nitrogens is 1. The fourth-order valence-electron chi connectivity index (χ4n) is 2.90. The van der Waals surface area contributed by atoms with Gasteiger partial charge in [0.15, 0.2) is 0 Å². The maximum absolute atomic E-state index is 12.3. The number of halogens is 2. The normalized spacial score (nSPS) is 25.2. The molecule has 1 spiro atoms. The summed E-state index contributed by atoms with van der Waals surface area (Å²) in [6, 6.07) is 0. The zero-order valence-electron chi connectivity index (χ0n) is 10.8. The zero-order valence-corrected chi connectivity index (χ0v) is 13.3. The van der Waals surface area contributed by atoms with Gasteiger partial charge in [0.05, 0.1) is 11.2 Å². The van der Waals surface area contributed by atoms with Crippen molar-refractivity contribution in [3.8, 4) is 0 Å². The van der Waals surface area contributed by atoms with Gasteiger partial charge < -0.3 is 10.2 Å². The molecule has 1 unspecified atom stereocenters. The van der Waals surface area contributed by atoms with Crippen molar-refractivity contribution in [3.63, 3.8) is 0 Å². The Kier molecular flexibility index (Phi) is 5.62. The van der Waals surface area contributed by atoms with Gasteiger partial charge in [-0.25, -0.2) is 4.98 Å². The van der Waals surface area contributed by atoms with E-state index >= 15 is 0 Å². The highest BCUT2D eigenvalue weighted by atomic mass is 35.5. The number of carbonyl (C=O) groups excluding carboxylic acids is 1. The van der Waals surface area contributed by atoms with Crippen LogP contribution in [0.15, 0.2) is 5.51 Å². The van der Waals surface area contributed by atoms with Gasteiger partial charge in [0.1, 0.15) is 4.88 Å². The predicted octanol–water partition coefficient (Wildman–Crippen LogP) is 2.12. The van der Waals surface area contributed by atoms with Crippen molar-refractivity contribution in [1.82, 2.24) is 15.2 Å². The van der Waals surface area contributed by atoms with Crippen LogP contribution in [0.4, 0.5) is 0 Å². The summed E-state index contributed by atoms with van der Waals surface area (Å²) in [6.07, 6.45) is 2.35. The maximum atomic E-state index is 12.3. The lowest BCUT2D eigenvalue weighted by atomic mass is 9.87. The monoisotopic (exact) mass is 323 g/mol. The summed E-state index contributed by atoms with van der Waals surface area (Å²) in [7, 11) is 0. The van der Waals surface area contributed by atoms with E-state index in [1.54, 1.807) is 5.51 Å². The molecule has 7 heteroatoms. The number of thiazole rings is 1. The average Bonchev–Trinajstić information content (AvgIpc) is 3.02. The molecular weight excluding hydrogens is 305 g/mol. The first-order valence-electron chi connectivity index (χ1n) is 6.10. The van der Waals surface area contributed by atoms with Gasteiger partial charge >= 0.3 is 0 Å². The van der Waals surface area contributed by atoms with Gasteiger partial charge in [0, 0.05) is 25.0 Å². The fraction of sp³-hybridized carbons (Fsp3) is 0.667. The van der Waals surface area contributed by atoms with E-state index < -0.39 is 0 Å². The van der Waals surface area contributed by atoms with Crippen LogP contribution >= 0.6 is 36.2 Å². The summed E-state index contributed by atoms with van der Waals surface area (Å²) < 4.78 is 0. The van der Waals surface area contributed by atoms with Gasteiger partial charge in [0.25, 0.3) is 5.91 Å². The Morgan fingerprint density at radius 3 is 2.84 bits per heavy atom. The molecule has 3 heterocycles. The van der Waals surface area contributed by atoms with Crippen LogP contribution in [0.3, 0.4) is 0 Å². The molecule has 0 aromatic carbocycles. The lowest BCUT2D eigenvalue weighted by Crippen LogP contribution is -2.33. The summed E-state index contributed by atoms with van der Waals surface area (Å²) in [6.45, 7) is 5.89. The Bertz CT molecular complexity index is 446. The predicted molar refractivity (Wildman–Crippen MR) is 81.8 cm³/mol. The van der Waals surface area contributed by atoms with Crippen molar-refractivity contribution in [2.75, 3.05) is 26.2 Å². The number of rotatable bonds is 1. The van der Waals surface area contributed by atoms with E-state index in [4.69, 9.17) is 0 Å². The molecule has 108 valence electrons. The lowest BCUT2D eigenvalue weighted by molar-refractivity contribution is 0.0779. The van der Waals surface area contributed by atoms with Crippen LogP contribution < -0.4 is 5.32 Å². The lowest BCUT2D eigenvalue weighted by Gasteiger charge is -2.22. The first kappa shape index (κ1) is 16.7. The third-order valence-electron chi connectivity index (χ3n) is 4.00. The van der Waals surface area contributed by atoms with Crippen molar-refractivity contribution in [1.29, 1.82) is 0 Å². The Morgan fingerprint density at radius 1 is 1.47 bits per heavy atom. The largest absolute Gasteiger partial charge is 0.337 e. The summed E-state index contributed by atoms with van der Waals surface area (Å²) in [4.78, 5) is 19.3. The minimum Gasteiger partial charge on any atom is -0.337 e. The zero-order chi connectivity index (χ0) is 11.9. The molecule has 1 atom stereocenters. The molecule has 1 amide bonds. The molecule has 1 aromatic rings. The minimum absolute atomic E-state index is 0. The molecule has 0 saturated carbocycles. The van der Waals surface area contributed by atoms with Gasteiger partial charge in [-0.3, -0.25) is 4.79 Å². The molecule has 2 fully saturated rings. The number of carbonyl (C=O) groups is 1. The molecule has 2 aliphatic rings. The molecule has 0 aliphatic carbocycles. The summed E-state index contributed by atoms with van der Waals surface area (Å²) in [5.74, 6) is 0.175. The van der Waals surface area contributed by atoms with E-state index in [1.165, 1.54) is 17.8 Å². The van der Waals surface area contributed by atoms with Gasteiger partial charge in [-0.2, -0.15) is 0 Å². The Morgan fingerprint density at radius 2 is 2.26 bits per heavy atom.